The first-order chi connectivity index (χ1) is 9.56. The van der Waals surface area contributed by atoms with Gasteiger partial charge in [-0.2, -0.15) is 4.98 Å². The molecule has 2 rings (SSSR count). The van der Waals surface area contributed by atoms with Gasteiger partial charge in [0.05, 0.1) is 12.7 Å². The van der Waals surface area contributed by atoms with Crippen molar-refractivity contribution in [2.24, 2.45) is 0 Å². The van der Waals surface area contributed by atoms with Crippen molar-refractivity contribution in [3.05, 3.63) is 24.2 Å². The van der Waals surface area contributed by atoms with Gasteiger partial charge < -0.3 is 15.3 Å². The Balaban J connectivity index is 1.89. The molecule has 20 heavy (non-hydrogen) atoms. The lowest BCUT2D eigenvalue weighted by molar-refractivity contribution is 0.0690. The maximum absolute atomic E-state index is 10.7. The monoisotopic (exact) mass is 277 g/mol. The number of carbonyl (C=O) groups is 1. The van der Waals surface area contributed by atoms with Crippen molar-refractivity contribution in [3.63, 3.8) is 0 Å². The van der Waals surface area contributed by atoms with E-state index in [4.69, 9.17) is 5.11 Å². The summed E-state index contributed by atoms with van der Waals surface area (Å²) in [5.74, 6) is 0.224. The number of nitrogens with one attached hydrogen (secondary N) is 1. The minimum atomic E-state index is -1.09. The van der Waals surface area contributed by atoms with Gasteiger partial charge in [-0.25, -0.2) is 14.5 Å². The Bertz CT molecular complexity index is 596. The normalized spacial score (nSPS) is 10.3. The fraction of sp³-hybridized carbons (Fsp3) is 0.364. The van der Waals surface area contributed by atoms with Crippen molar-refractivity contribution in [3.8, 4) is 0 Å². The summed E-state index contributed by atoms with van der Waals surface area (Å²) in [7, 11) is 3.73. The van der Waals surface area contributed by atoms with E-state index in [9.17, 15) is 4.79 Å². The summed E-state index contributed by atoms with van der Waals surface area (Å²) < 4.78 is 1.46. The lowest BCUT2D eigenvalue weighted by Gasteiger charge is -2.11. The average molecular weight is 277 g/mol. The van der Waals surface area contributed by atoms with Crippen LogP contribution in [0.3, 0.4) is 0 Å². The fourth-order valence-electron chi connectivity index (χ4n) is 1.47. The highest BCUT2D eigenvalue weighted by Gasteiger charge is 2.07. The minimum absolute atomic E-state index is 0.0677. The van der Waals surface area contributed by atoms with E-state index in [1.807, 2.05) is 19.0 Å². The Hall–Kier alpha value is -2.71. The van der Waals surface area contributed by atoms with Crippen LogP contribution >= 0.6 is 0 Å². The Morgan fingerprint density at radius 2 is 2.30 bits per heavy atom. The predicted molar refractivity (Wildman–Crippen MR) is 71.8 cm³/mol. The second-order valence-corrected chi connectivity index (χ2v) is 4.24. The van der Waals surface area contributed by atoms with Gasteiger partial charge in [-0.05, 0) is 6.07 Å². The molecular formula is C11H15N7O2. The summed E-state index contributed by atoms with van der Waals surface area (Å²) in [6.45, 7) is 1.04. The predicted octanol–water partition coefficient (Wildman–Crippen LogP) is -0.0556. The van der Waals surface area contributed by atoms with Crippen LogP contribution in [0, 0.1) is 0 Å². The summed E-state index contributed by atoms with van der Waals surface area (Å²) in [5.41, 5.74) is -0.0677. The van der Waals surface area contributed by atoms with Gasteiger partial charge >= 0.3 is 5.97 Å². The van der Waals surface area contributed by atoms with Crippen molar-refractivity contribution in [2.75, 3.05) is 30.9 Å². The zero-order valence-electron chi connectivity index (χ0n) is 11.2. The van der Waals surface area contributed by atoms with E-state index in [2.05, 4.69) is 25.6 Å². The van der Waals surface area contributed by atoms with Crippen LogP contribution in [0.15, 0.2) is 18.5 Å². The molecule has 9 nitrogen and oxygen atoms in total. The molecule has 0 radical (unpaired) electrons. The number of carboxylic acid groups (broad SMARTS) is 1. The lowest BCUT2D eigenvalue weighted by Crippen LogP contribution is -2.15. The number of aromatic nitrogens is 5. The molecule has 0 unspecified atom stereocenters. The molecule has 0 aliphatic carbocycles. The SMILES string of the molecule is CN(C)c1nccc(NCCn2cc(C(=O)O)nn2)n1. The van der Waals surface area contributed by atoms with Gasteiger partial charge in [0.25, 0.3) is 0 Å². The van der Waals surface area contributed by atoms with Crippen LogP contribution in [0.2, 0.25) is 0 Å². The molecule has 0 spiro atoms. The van der Waals surface area contributed by atoms with Gasteiger partial charge in [0.1, 0.15) is 5.82 Å². The molecule has 0 aliphatic rings. The highest BCUT2D eigenvalue weighted by atomic mass is 16.4. The number of aromatic carboxylic acids is 1. The van der Waals surface area contributed by atoms with Gasteiger partial charge in [-0.15, -0.1) is 5.10 Å². The number of rotatable bonds is 6. The van der Waals surface area contributed by atoms with E-state index in [1.54, 1.807) is 12.3 Å². The van der Waals surface area contributed by atoms with Crippen LogP contribution in [-0.4, -0.2) is 56.7 Å². The van der Waals surface area contributed by atoms with E-state index < -0.39 is 5.97 Å². The second kappa shape index (κ2) is 5.95. The third-order valence-corrected chi connectivity index (χ3v) is 2.45. The van der Waals surface area contributed by atoms with Crippen LogP contribution < -0.4 is 10.2 Å². The van der Waals surface area contributed by atoms with Gasteiger partial charge in [0.2, 0.25) is 5.95 Å². The molecule has 0 amide bonds. The standard InChI is InChI=1S/C11H15N7O2/c1-17(2)11-13-4-3-9(14-11)12-5-6-18-7-8(10(19)20)15-16-18/h3-4,7H,5-6H2,1-2H3,(H,19,20)(H,12,13,14). The number of carboxylic acids is 1. The molecule has 2 N–H and O–H groups in total. The molecule has 0 atom stereocenters. The lowest BCUT2D eigenvalue weighted by atomic mass is 10.5. The van der Waals surface area contributed by atoms with E-state index in [-0.39, 0.29) is 5.69 Å². The molecule has 106 valence electrons. The molecule has 0 saturated heterocycles. The molecule has 0 fully saturated rings. The Labute approximate surface area is 115 Å². The number of anilines is 2. The van der Waals surface area contributed by atoms with Gasteiger partial charge in [0.15, 0.2) is 5.69 Å². The average Bonchev–Trinajstić information content (AvgIpc) is 2.88. The molecule has 9 heteroatoms. The van der Waals surface area contributed by atoms with E-state index >= 15 is 0 Å². The summed E-state index contributed by atoms with van der Waals surface area (Å²) in [4.78, 5) is 20.9. The smallest absolute Gasteiger partial charge is 0.358 e. The highest BCUT2D eigenvalue weighted by molar-refractivity contribution is 5.84. The van der Waals surface area contributed by atoms with Crippen LogP contribution in [-0.2, 0) is 6.54 Å². The maximum Gasteiger partial charge on any atom is 0.358 e. The number of hydrogen-bond acceptors (Lipinski definition) is 7. The molecule has 0 aromatic carbocycles. The topological polar surface area (TPSA) is 109 Å². The molecule has 0 aliphatic heterocycles. The van der Waals surface area contributed by atoms with Gasteiger partial charge in [-0.1, -0.05) is 5.21 Å². The molecule has 2 heterocycles. The van der Waals surface area contributed by atoms with Crippen molar-refractivity contribution >= 4 is 17.7 Å². The van der Waals surface area contributed by atoms with E-state index in [0.717, 1.165) is 0 Å². The largest absolute Gasteiger partial charge is 0.476 e. The van der Waals surface area contributed by atoms with Crippen LogP contribution in [0.1, 0.15) is 10.5 Å². The molecular weight excluding hydrogens is 262 g/mol. The first-order valence-electron chi connectivity index (χ1n) is 5.94. The van der Waals surface area contributed by atoms with Crippen LogP contribution in [0.5, 0.6) is 0 Å². The van der Waals surface area contributed by atoms with Crippen LogP contribution in [0.4, 0.5) is 11.8 Å². The Morgan fingerprint density at radius 3 is 2.95 bits per heavy atom. The highest BCUT2D eigenvalue weighted by Crippen LogP contribution is 2.07. The van der Waals surface area contributed by atoms with Gasteiger partial charge in [-0.3, -0.25) is 0 Å². The zero-order valence-corrected chi connectivity index (χ0v) is 11.2. The van der Waals surface area contributed by atoms with Crippen molar-refractivity contribution in [1.82, 2.24) is 25.0 Å². The number of hydrogen-bond donors (Lipinski definition) is 2. The molecule has 0 bridgehead atoms. The fourth-order valence-corrected chi connectivity index (χ4v) is 1.47. The first-order valence-corrected chi connectivity index (χ1v) is 5.94. The Morgan fingerprint density at radius 1 is 1.50 bits per heavy atom. The van der Waals surface area contributed by atoms with E-state index in [0.29, 0.717) is 24.9 Å². The summed E-state index contributed by atoms with van der Waals surface area (Å²) in [6.07, 6.45) is 3.05. The first kappa shape index (κ1) is 13.7. The summed E-state index contributed by atoms with van der Waals surface area (Å²) in [6, 6.07) is 1.76. The van der Waals surface area contributed by atoms with E-state index in [1.165, 1.54) is 10.9 Å². The maximum atomic E-state index is 10.7. The van der Waals surface area contributed by atoms with Crippen molar-refractivity contribution in [2.45, 2.75) is 6.54 Å². The van der Waals surface area contributed by atoms with Crippen molar-refractivity contribution < 1.29 is 9.90 Å². The summed E-state index contributed by atoms with van der Waals surface area (Å²) in [5, 5.41) is 19.1. The molecule has 0 saturated carbocycles. The van der Waals surface area contributed by atoms with Crippen LogP contribution in [0.25, 0.3) is 0 Å². The third kappa shape index (κ3) is 3.40. The second-order valence-electron chi connectivity index (χ2n) is 4.24. The quantitative estimate of drug-likeness (QED) is 0.756. The van der Waals surface area contributed by atoms with Gasteiger partial charge in [0, 0.05) is 26.8 Å². The zero-order chi connectivity index (χ0) is 14.5. The number of nitrogens with zero attached hydrogens (tertiary/aromatic N) is 6. The molecule has 2 aromatic rings. The molecule has 2 aromatic heterocycles. The minimum Gasteiger partial charge on any atom is -0.476 e. The third-order valence-electron chi connectivity index (χ3n) is 2.45. The summed E-state index contributed by atoms with van der Waals surface area (Å²) >= 11 is 0. The van der Waals surface area contributed by atoms with Crippen molar-refractivity contribution in [1.29, 1.82) is 0 Å². The Kier molecular flexibility index (Phi) is 4.08.